The molecule has 1 N–H and O–H groups in total. The molecule has 2 saturated heterocycles. The smallest absolute Gasteiger partial charge is 0.350 e. The summed E-state index contributed by atoms with van der Waals surface area (Å²) in [5, 5.41) is 4.61. The summed E-state index contributed by atoms with van der Waals surface area (Å²) in [5.41, 5.74) is -0.824. The van der Waals surface area contributed by atoms with Gasteiger partial charge in [-0.05, 0) is 32.4 Å². The van der Waals surface area contributed by atoms with Crippen LogP contribution in [0.5, 0.6) is 0 Å². The van der Waals surface area contributed by atoms with Gasteiger partial charge in [-0.1, -0.05) is 0 Å². The topological polar surface area (TPSA) is 43.8 Å². The minimum absolute atomic E-state index is 0. The molecule has 2 fully saturated rings. The highest BCUT2D eigenvalue weighted by Gasteiger charge is 2.34. The van der Waals surface area contributed by atoms with Gasteiger partial charge in [0, 0.05) is 31.6 Å². The first-order valence-electron chi connectivity index (χ1n) is 8.18. The molecule has 0 saturated carbocycles. The molecule has 142 valence electrons. The second kappa shape index (κ2) is 8.85. The highest BCUT2D eigenvalue weighted by atomic mass is 127. The van der Waals surface area contributed by atoms with Gasteiger partial charge in [0.15, 0.2) is 11.7 Å². The summed E-state index contributed by atoms with van der Waals surface area (Å²) in [7, 11) is 1.70. The van der Waals surface area contributed by atoms with Crippen LogP contribution in [0.1, 0.15) is 30.0 Å². The largest absolute Gasteiger partial charge is 0.434 e. The molecule has 2 aliphatic rings. The highest BCUT2D eigenvalue weighted by molar-refractivity contribution is 14.0. The van der Waals surface area contributed by atoms with Crippen molar-refractivity contribution >= 4 is 41.3 Å². The maximum atomic E-state index is 12.6. The average Bonchev–Trinajstić information content (AvgIpc) is 3.28. The van der Waals surface area contributed by atoms with E-state index in [0.29, 0.717) is 11.0 Å². The number of likely N-dealkylation sites (tertiary alicyclic amines) is 2. The number of nitrogens with one attached hydrogen (secondary N) is 1. The fourth-order valence-electron chi connectivity index (χ4n) is 3.35. The normalized spacial score (nSPS) is 22.3. The number of aliphatic imine (C=N–C) groups is 1. The minimum Gasteiger partial charge on any atom is -0.350 e. The zero-order valence-electron chi connectivity index (χ0n) is 14.1. The summed E-state index contributed by atoms with van der Waals surface area (Å²) in [6.45, 7) is 4.45. The number of thiazole rings is 1. The van der Waals surface area contributed by atoms with E-state index in [2.05, 4.69) is 25.1 Å². The summed E-state index contributed by atoms with van der Waals surface area (Å²) in [4.78, 5) is 12.6. The molecule has 2 aliphatic heterocycles. The Morgan fingerprint density at radius 2 is 2.08 bits per heavy atom. The van der Waals surface area contributed by atoms with Crippen LogP contribution in [-0.4, -0.2) is 60.0 Å². The third-order valence-corrected chi connectivity index (χ3v) is 5.42. The molecule has 0 spiro atoms. The van der Waals surface area contributed by atoms with Crippen LogP contribution in [0.4, 0.5) is 13.2 Å². The summed E-state index contributed by atoms with van der Waals surface area (Å²) in [6.07, 6.45) is -0.728. The number of hydrogen-bond donors (Lipinski definition) is 1. The second-order valence-electron chi connectivity index (χ2n) is 6.16. The lowest BCUT2D eigenvalue weighted by molar-refractivity contribution is -0.140. The van der Waals surface area contributed by atoms with Crippen molar-refractivity contribution in [3.05, 3.63) is 16.1 Å². The van der Waals surface area contributed by atoms with E-state index in [1.54, 1.807) is 7.05 Å². The monoisotopic (exact) mass is 489 g/mol. The first kappa shape index (κ1) is 20.7. The third-order valence-electron chi connectivity index (χ3n) is 4.57. The Labute approximate surface area is 166 Å². The molecule has 1 atom stereocenters. The Morgan fingerprint density at radius 1 is 1.36 bits per heavy atom. The first-order chi connectivity index (χ1) is 11.5. The lowest BCUT2D eigenvalue weighted by atomic mass is 10.2. The Balaban J connectivity index is 0.00000225. The van der Waals surface area contributed by atoms with Gasteiger partial charge in [0.25, 0.3) is 0 Å². The molecule has 0 amide bonds. The molecular weight excluding hydrogens is 466 g/mol. The van der Waals surface area contributed by atoms with Gasteiger partial charge in [-0.2, -0.15) is 13.2 Å². The quantitative estimate of drug-likeness (QED) is 0.403. The number of aromatic nitrogens is 1. The Kier molecular flexibility index (Phi) is 7.32. The van der Waals surface area contributed by atoms with E-state index in [1.165, 1.54) is 25.9 Å². The van der Waals surface area contributed by atoms with Gasteiger partial charge in [0.2, 0.25) is 0 Å². The lowest BCUT2D eigenvalue weighted by Gasteiger charge is -2.25. The van der Waals surface area contributed by atoms with Gasteiger partial charge in [0.05, 0.1) is 6.54 Å². The fourth-order valence-corrected chi connectivity index (χ4v) is 4.09. The Bertz CT molecular complexity index is 586. The maximum Gasteiger partial charge on any atom is 0.434 e. The molecule has 0 aromatic carbocycles. The van der Waals surface area contributed by atoms with Crippen molar-refractivity contribution in [2.24, 2.45) is 4.99 Å². The second-order valence-corrected chi connectivity index (χ2v) is 7.10. The van der Waals surface area contributed by atoms with Gasteiger partial charge in [-0.15, -0.1) is 35.3 Å². The van der Waals surface area contributed by atoms with Crippen molar-refractivity contribution in [3.63, 3.8) is 0 Å². The van der Waals surface area contributed by atoms with Crippen LogP contribution in [0.15, 0.2) is 10.4 Å². The van der Waals surface area contributed by atoms with Crippen LogP contribution in [0.3, 0.4) is 0 Å². The molecule has 3 rings (SSSR count). The number of guanidine groups is 1. The van der Waals surface area contributed by atoms with Crippen molar-refractivity contribution in [1.82, 2.24) is 20.1 Å². The number of alkyl halides is 3. The van der Waals surface area contributed by atoms with E-state index in [9.17, 15) is 13.2 Å². The molecule has 25 heavy (non-hydrogen) atoms. The Morgan fingerprint density at radius 3 is 2.68 bits per heavy atom. The summed E-state index contributed by atoms with van der Waals surface area (Å²) in [5.74, 6) is 0.737. The van der Waals surface area contributed by atoms with Gasteiger partial charge in [-0.25, -0.2) is 4.98 Å². The van der Waals surface area contributed by atoms with Crippen LogP contribution in [0, 0.1) is 0 Å². The molecule has 0 bridgehead atoms. The molecule has 1 aromatic rings. The van der Waals surface area contributed by atoms with Gasteiger partial charge < -0.3 is 10.2 Å². The minimum atomic E-state index is -4.38. The zero-order chi connectivity index (χ0) is 17.2. The van der Waals surface area contributed by atoms with E-state index in [-0.39, 0.29) is 30.5 Å². The van der Waals surface area contributed by atoms with E-state index >= 15 is 0 Å². The number of nitrogens with zero attached hydrogens (tertiary/aromatic N) is 4. The third kappa shape index (κ3) is 5.19. The molecule has 5 nitrogen and oxygen atoms in total. The summed E-state index contributed by atoms with van der Waals surface area (Å²) < 4.78 is 37.8. The van der Waals surface area contributed by atoms with Crippen molar-refractivity contribution in [2.45, 2.75) is 38.0 Å². The highest BCUT2D eigenvalue weighted by Crippen LogP contribution is 2.30. The molecule has 0 radical (unpaired) electrons. The van der Waals surface area contributed by atoms with Crippen molar-refractivity contribution in [1.29, 1.82) is 0 Å². The van der Waals surface area contributed by atoms with Gasteiger partial charge in [-0.3, -0.25) is 9.89 Å². The molecule has 0 aliphatic carbocycles. The van der Waals surface area contributed by atoms with E-state index in [0.717, 1.165) is 42.2 Å². The molecular formula is C15H23F3IN5S. The van der Waals surface area contributed by atoms with Crippen LogP contribution < -0.4 is 5.32 Å². The zero-order valence-corrected chi connectivity index (χ0v) is 17.2. The van der Waals surface area contributed by atoms with Crippen molar-refractivity contribution in [2.75, 3.05) is 33.2 Å². The number of rotatable bonds is 3. The molecule has 3 heterocycles. The van der Waals surface area contributed by atoms with Gasteiger partial charge >= 0.3 is 6.18 Å². The average molecular weight is 489 g/mol. The number of hydrogen-bond acceptors (Lipinski definition) is 4. The molecule has 1 aromatic heterocycles. The molecule has 10 heteroatoms. The van der Waals surface area contributed by atoms with Crippen LogP contribution >= 0.6 is 35.3 Å². The fraction of sp³-hybridized carbons (Fsp3) is 0.733. The summed E-state index contributed by atoms with van der Waals surface area (Å²) in [6, 6.07) is 0.558. The van der Waals surface area contributed by atoms with Crippen molar-refractivity contribution in [3.8, 4) is 0 Å². The van der Waals surface area contributed by atoms with E-state index in [1.807, 2.05) is 0 Å². The van der Waals surface area contributed by atoms with E-state index < -0.39 is 11.9 Å². The van der Waals surface area contributed by atoms with Crippen LogP contribution in [0.2, 0.25) is 0 Å². The molecule has 1 unspecified atom stereocenters. The van der Waals surface area contributed by atoms with Crippen LogP contribution in [0.25, 0.3) is 0 Å². The SMILES string of the molecule is CN=C(NCc1nc(C(F)(F)F)cs1)N1CCC(N2CCCC2)C1.I. The van der Waals surface area contributed by atoms with Crippen LogP contribution in [-0.2, 0) is 12.7 Å². The summed E-state index contributed by atoms with van der Waals surface area (Å²) >= 11 is 1.02. The van der Waals surface area contributed by atoms with E-state index in [4.69, 9.17) is 0 Å². The standard InChI is InChI=1S/C15H22F3N5S.HI/c1-19-14(20-8-13-21-12(10-24-13)15(16,17)18)23-7-4-11(9-23)22-5-2-3-6-22;/h10-11H,2-9H2,1H3,(H,19,20);1H. The van der Waals surface area contributed by atoms with Crippen molar-refractivity contribution < 1.29 is 13.2 Å². The number of halogens is 4. The predicted molar refractivity (Wildman–Crippen MR) is 104 cm³/mol. The van der Waals surface area contributed by atoms with Gasteiger partial charge in [0.1, 0.15) is 5.01 Å². The lowest BCUT2D eigenvalue weighted by Crippen LogP contribution is -2.42. The predicted octanol–water partition coefficient (Wildman–Crippen LogP) is 3.03. The first-order valence-corrected chi connectivity index (χ1v) is 9.06. The Hall–Kier alpha value is -0.620. The maximum absolute atomic E-state index is 12.6.